The second kappa shape index (κ2) is 10.5. The summed E-state index contributed by atoms with van der Waals surface area (Å²) in [6.45, 7) is 11.6. The van der Waals surface area contributed by atoms with Crippen molar-refractivity contribution in [2.75, 3.05) is 24.6 Å². The minimum absolute atomic E-state index is 0.00181. The minimum atomic E-state index is -0.664. The number of halogens is 2. The molecule has 1 aromatic carbocycles. The third-order valence-corrected chi connectivity index (χ3v) is 8.01. The summed E-state index contributed by atoms with van der Waals surface area (Å²) in [6, 6.07) is 6.18. The Balaban J connectivity index is 1.77. The summed E-state index contributed by atoms with van der Waals surface area (Å²) in [6.07, 6.45) is 2.79. The van der Waals surface area contributed by atoms with Crippen LogP contribution in [0.15, 0.2) is 35.3 Å². The zero-order valence-electron chi connectivity index (χ0n) is 24.0. The standard InChI is InChI=1S/C31H34F2N6O2/c1-16(2)25-27-20(10-11-34-25)7-6-12-41-28-23(33)9-8-22(32)24(28)26-17(3)13-21-29(37-31(40)39(27)30(21)36-26)38-15-18(4)35-14-19(38)5/h8-11,13,16,18-19,35H,6-7,12,14-15H2,1-5H3/t18-,19+/m1/s1. The molecule has 5 heterocycles. The van der Waals surface area contributed by atoms with Crippen LogP contribution in [-0.2, 0) is 6.42 Å². The fourth-order valence-electron chi connectivity index (χ4n) is 5.95. The zero-order valence-corrected chi connectivity index (χ0v) is 24.0. The highest BCUT2D eigenvalue weighted by atomic mass is 19.1. The maximum atomic E-state index is 15.5. The number of piperazine rings is 1. The van der Waals surface area contributed by atoms with Gasteiger partial charge in [0.1, 0.15) is 11.6 Å². The number of nitrogens with one attached hydrogen (secondary N) is 1. The Labute approximate surface area is 237 Å². The Kier molecular flexibility index (Phi) is 6.97. The van der Waals surface area contributed by atoms with Gasteiger partial charge in [0.25, 0.3) is 0 Å². The van der Waals surface area contributed by atoms with Gasteiger partial charge in [-0.25, -0.2) is 23.1 Å². The van der Waals surface area contributed by atoms with Crippen LogP contribution in [0.4, 0.5) is 14.6 Å². The number of aryl methyl sites for hydroxylation is 2. The van der Waals surface area contributed by atoms with Gasteiger partial charge in [0.05, 0.1) is 34.6 Å². The molecular formula is C31H34F2N6O2. The molecule has 6 rings (SSSR count). The molecule has 8 nitrogen and oxygen atoms in total. The van der Waals surface area contributed by atoms with Crippen LogP contribution in [0.5, 0.6) is 5.75 Å². The van der Waals surface area contributed by atoms with Gasteiger partial charge in [-0.3, -0.25) is 4.98 Å². The van der Waals surface area contributed by atoms with Crippen LogP contribution in [0.3, 0.4) is 0 Å². The second-order valence-corrected chi connectivity index (χ2v) is 11.4. The second-order valence-electron chi connectivity index (χ2n) is 11.4. The van der Waals surface area contributed by atoms with Crippen molar-refractivity contribution >= 4 is 16.9 Å². The number of pyridine rings is 2. The SMILES string of the molecule is Cc1cc2c(N3C[C@@H](C)NC[C@@H]3C)nc(=O)n3c2nc1-c1c(F)ccc(F)c1OCCCc1ccnc(C(C)C)c1-3. The van der Waals surface area contributed by atoms with Crippen LogP contribution >= 0.6 is 0 Å². The fourth-order valence-corrected chi connectivity index (χ4v) is 5.95. The van der Waals surface area contributed by atoms with Crippen LogP contribution < -0.4 is 20.6 Å². The van der Waals surface area contributed by atoms with E-state index in [4.69, 9.17) is 9.72 Å². The Bertz CT molecular complexity index is 1720. The Hall–Kier alpha value is -3.92. The molecule has 0 unspecified atom stereocenters. The van der Waals surface area contributed by atoms with Crippen LogP contribution in [0.1, 0.15) is 56.9 Å². The van der Waals surface area contributed by atoms with Gasteiger partial charge in [-0.1, -0.05) is 13.8 Å². The van der Waals surface area contributed by atoms with Crippen molar-refractivity contribution in [2.45, 2.75) is 65.5 Å². The molecule has 0 saturated carbocycles. The number of fused-ring (bicyclic) bond motifs is 5. The molecule has 1 fully saturated rings. The normalized spacial score (nSPS) is 19.0. The van der Waals surface area contributed by atoms with E-state index in [1.165, 1.54) is 4.57 Å². The molecule has 2 aliphatic rings. The molecule has 1 saturated heterocycles. The Morgan fingerprint density at radius 2 is 1.90 bits per heavy atom. The Morgan fingerprint density at radius 1 is 1.12 bits per heavy atom. The molecular weight excluding hydrogens is 526 g/mol. The van der Waals surface area contributed by atoms with Crippen molar-refractivity contribution in [3.8, 4) is 22.7 Å². The first-order valence-corrected chi connectivity index (χ1v) is 14.2. The van der Waals surface area contributed by atoms with Crippen LogP contribution in [-0.4, -0.2) is 51.3 Å². The molecule has 41 heavy (non-hydrogen) atoms. The molecule has 0 amide bonds. The Morgan fingerprint density at radius 3 is 2.68 bits per heavy atom. The number of hydrogen-bond acceptors (Lipinski definition) is 7. The van der Waals surface area contributed by atoms with Crippen molar-refractivity contribution in [3.63, 3.8) is 0 Å². The highest BCUT2D eigenvalue weighted by Crippen LogP contribution is 2.39. The summed E-state index contributed by atoms with van der Waals surface area (Å²) in [5.41, 5.74) is 2.88. The van der Waals surface area contributed by atoms with Gasteiger partial charge in [0.2, 0.25) is 0 Å². The van der Waals surface area contributed by atoms with Gasteiger partial charge in [-0.15, -0.1) is 0 Å². The van der Waals surface area contributed by atoms with Gasteiger partial charge in [-0.2, -0.15) is 4.98 Å². The van der Waals surface area contributed by atoms with E-state index >= 15 is 8.78 Å². The molecule has 0 radical (unpaired) electrons. The van der Waals surface area contributed by atoms with E-state index in [0.717, 1.165) is 29.9 Å². The molecule has 10 heteroatoms. The quantitative estimate of drug-likeness (QED) is 0.367. The van der Waals surface area contributed by atoms with Crippen molar-refractivity contribution in [1.29, 1.82) is 0 Å². The first kappa shape index (κ1) is 27.3. The molecule has 2 atom stereocenters. The smallest absolute Gasteiger partial charge is 0.355 e. The molecule has 2 aliphatic heterocycles. The number of benzene rings is 1. The molecule has 214 valence electrons. The molecule has 4 aromatic rings. The average Bonchev–Trinajstić information content (AvgIpc) is 2.93. The molecule has 0 aliphatic carbocycles. The van der Waals surface area contributed by atoms with E-state index in [0.29, 0.717) is 47.5 Å². The van der Waals surface area contributed by atoms with E-state index in [2.05, 4.69) is 34.0 Å². The van der Waals surface area contributed by atoms with Gasteiger partial charge < -0.3 is 15.0 Å². The summed E-state index contributed by atoms with van der Waals surface area (Å²) < 4.78 is 38.0. The van der Waals surface area contributed by atoms with Crippen molar-refractivity contribution in [2.24, 2.45) is 0 Å². The highest BCUT2D eigenvalue weighted by Gasteiger charge is 2.30. The van der Waals surface area contributed by atoms with Gasteiger partial charge in [-0.05, 0) is 74.9 Å². The van der Waals surface area contributed by atoms with Crippen molar-refractivity contribution in [1.82, 2.24) is 24.8 Å². The lowest BCUT2D eigenvalue weighted by Gasteiger charge is -2.39. The fraction of sp³-hybridized carbons (Fsp3) is 0.419. The van der Waals surface area contributed by atoms with Gasteiger partial charge >= 0.3 is 5.69 Å². The average molecular weight is 561 g/mol. The summed E-state index contributed by atoms with van der Waals surface area (Å²) >= 11 is 0. The number of nitrogens with zero attached hydrogens (tertiary/aromatic N) is 5. The van der Waals surface area contributed by atoms with E-state index in [1.807, 2.05) is 26.0 Å². The van der Waals surface area contributed by atoms with Crippen LogP contribution in [0.25, 0.3) is 28.0 Å². The maximum absolute atomic E-state index is 15.5. The largest absolute Gasteiger partial charge is 0.490 e. The molecule has 1 N–H and O–H groups in total. The first-order valence-electron chi connectivity index (χ1n) is 14.2. The number of aromatic nitrogens is 4. The third kappa shape index (κ3) is 4.64. The molecule has 0 spiro atoms. The molecule has 3 aromatic heterocycles. The predicted molar refractivity (Wildman–Crippen MR) is 155 cm³/mol. The number of anilines is 1. The first-order chi connectivity index (χ1) is 19.7. The topological polar surface area (TPSA) is 85.2 Å². The van der Waals surface area contributed by atoms with Gasteiger partial charge in [0, 0.05) is 31.4 Å². The number of hydrogen-bond donors (Lipinski definition) is 1. The lowest BCUT2D eigenvalue weighted by Crippen LogP contribution is -2.55. The lowest BCUT2D eigenvalue weighted by molar-refractivity contribution is 0.295. The van der Waals surface area contributed by atoms with E-state index in [-0.39, 0.29) is 41.6 Å². The predicted octanol–water partition coefficient (Wildman–Crippen LogP) is 5.06. The highest BCUT2D eigenvalue weighted by molar-refractivity contribution is 5.92. The summed E-state index contributed by atoms with van der Waals surface area (Å²) in [4.78, 5) is 30.6. The zero-order chi connectivity index (χ0) is 29.0. The lowest BCUT2D eigenvalue weighted by atomic mass is 10.00. The van der Waals surface area contributed by atoms with Crippen molar-refractivity contribution < 1.29 is 13.5 Å². The summed E-state index contributed by atoms with van der Waals surface area (Å²) in [7, 11) is 0. The molecule has 2 bridgehead atoms. The summed E-state index contributed by atoms with van der Waals surface area (Å²) in [5.74, 6) is -0.953. The van der Waals surface area contributed by atoms with Crippen molar-refractivity contribution in [3.05, 3.63) is 69.4 Å². The number of rotatable bonds is 2. The van der Waals surface area contributed by atoms with E-state index in [9.17, 15) is 4.79 Å². The monoisotopic (exact) mass is 560 g/mol. The van der Waals surface area contributed by atoms with Gasteiger partial charge in [0.15, 0.2) is 17.2 Å². The van der Waals surface area contributed by atoms with E-state index in [1.54, 1.807) is 13.1 Å². The number of ether oxygens (including phenoxy) is 1. The third-order valence-electron chi connectivity index (χ3n) is 8.01. The summed E-state index contributed by atoms with van der Waals surface area (Å²) in [5, 5.41) is 4.13. The minimum Gasteiger partial charge on any atom is -0.490 e. The van der Waals surface area contributed by atoms with E-state index < -0.39 is 17.3 Å². The maximum Gasteiger partial charge on any atom is 0.355 e. The van der Waals surface area contributed by atoms with Crippen LogP contribution in [0.2, 0.25) is 0 Å². The van der Waals surface area contributed by atoms with Crippen LogP contribution in [0, 0.1) is 18.6 Å².